The van der Waals surface area contributed by atoms with Crippen molar-refractivity contribution in [3.8, 4) is 5.75 Å². The standard InChI is InChI=1S/C13H17N3O4/c1-19-9(6-14)5-12(17)15-8-2-3-11-10(4-8)16-13(18)7-20-11/h2-4,9H,5-7,14H2,1H3,(H,15,17)(H,16,18). The number of ether oxygens (including phenoxy) is 2. The summed E-state index contributed by atoms with van der Waals surface area (Å²) >= 11 is 0. The Morgan fingerprint density at radius 3 is 3.10 bits per heavy atom. The van der Waals surface area contributed by atoms with E-state index in [1.165, 1.54) is 7.11 Å². The molecular weight excluding hydrogens is 262 g/mol. The summed E-state index contributed by atoms with van der Waals surface area (Å²) < 4.78 is 10.3. The minimum absolute atomic E-state index is 0.00469. The normalized spacial score (nSPS) is 14.8. The average molecular weight is 279 g/mol. The molecular formula is C13H17N3O4. The van der Waals surface area contributed by atoms with E-state index in [2.05, 4.69) is 10.6 Å². The van der Waals surface area contributed by atoms with Crippen LogP contribution in [0.2, 0.25) is 0 Å². The average Bonchev–Trinajstić information content (AvgIpc) is 2.44. The molecule has 0 fully saturated rings. The smallest absolute Gasteiger partial charge is 0.262 e. The first-order valence-corrected chi connectivity index (χ1v) is 6.21. The molecule has 20 heavy (non-hydrogen) atoms. The Morgan fingerprint density at radius 1 is 1.60 bits per heavy atom. The summed E-state index contributed by atoms with van der Waals surface area (Å²) in [6, 6.07) is 5.05. The second-order valence-electron chi connectivity index (χ2n) is 4.39. The van der Waals surface area contributed by atoms with Crippen molar-refractivity contribution in [1.29, 1.82) is 0 Å². The SMILES string of the molecule is COC(CN)CC(=O)Nc1ccc2c(c1)NC(=O)CO2. The number of nitrogens with one attached hydrogen (secondary N) is 2. The van der Waals surface area contributed by atoms with Gasteiger partial charge >= 0.3 is 0 Å². The minimum Gasteiger partial charge on any atom is -0.482 e. The lowest BCUT2D eigenvalue weighted by molar-refractivity contribution is -0.119. The van der Waals surface area contributed by atoms with E-state index in [1.54, 1.807) is 18.2 Å². The molecule has 0 radical (unpaired) electrons. The third-order valence-electron chi connectivity index (χ3n) is 2.91. The summed E-state index contributed by atoms with van der Waals surface area (Å²) in [5, 5.41) is 5.40. The number of rotatable bonds is 5. The van der Waals surface area contributed by atoms with Crippen molar-refractivity contribution in [2.75, 3.05) is 30.9 Å². The number of hydrogen-bond acceptors (Lipinski definition) is 5. The second kappa shape index (κ2) is 6.36. The van der Waals surface area contributed by atoms with Crippen LogP contribution in [0, 0.1) is 0 Å². The maximum atomic E-state index is 11.8. The highest BCUT2D eigenvalue weighted by Gasteiger charge is 2.17. The molecule has 1 aromatic carbocycles. The number of carbonyl (C=O) groups excluding carboxylic acids is 2. The van der Waals surface area contributed by atoms with E-state index in [9.17, 15) is 9.59 Å². The molecule has 1 aromatic rings. The molecule has 108 valence electrons. The lowest BCUT2D eigenvalue weighted by Gasteiger charge is -2.19. The largest absolute Gasteiger partial charge is 0.482 e. The van der Waals surface area contributed by atoms with E-state index in [0.717, 1.165) is 0 Å². The molecule has 0 spiro atoms. The highest BCUT2D eigenvalue weighted by Crippen LogP contribution is 2.30. The van der Waals surface area contributed by atoms with Crippen LogP contribution in [0.25, 0.3) is 0 Å². The molecule has 0 bridgehead atoms. The maximum absolute atomic E-state index is 11.8. The predicted octanol–water partition coefficient (Wildman–Crippen LogP) is 0.320. The second-order valence-corrected chi connectivity index (χ2v) is 4.39. The van der Waals surface area contributed by atoms with Gasteiger partial charge in [0.2, 0.25) is 5.91 Å². The van der Waals surface area contributed by atoms with Crippen LogP contribution in [0.15, 0.2) is 18.2 Å². The van der Waals surface area contributed by atoms with Crippen LogP contribution in [-0.4, -0.2) is 38.2 Å². The van der Waals surface area contributed by atoms with Crippen molar-refractivity contribution in [3.63, 3.8) is 0 Å². The molecule has 1 atom stereocenters. The van der Waals surface area contributed by atoms with Gasteiger partial charge in [-0.05, 0) is 18.2 Å². The molecule has 0 aliphatic carbocycles. The first-order chi connectivity index (χ1) is 9.62. The Hall–Kier alpha value is -2.12. The fraction of sp³-hybridized carbons (Fsp3) is 0.385. The van der Waals surface area contributed by atoms with Gasteiger partial charge in [0.25, 0.3) is 5.91 Å². The molecule has 2 rings (SSSR count). The highest BCUT2D eigenvalue weighted by molar-refractivity contribution is 5.97. The van der Waals surface area contributed by atoms with Gasteiger partial charge in [0.05, 0.1) is 18.2 Å². The maximum Gasteiger partial charge on any atom is 0.262 e. The number of amides is 2. The Labute approximate surface area is 116 Å². The number of nitrogens with two attached hydrogens (primary N) is 1. The molecule has 4 N–H and O–H groups in total. The zero-order valence-electron chi connectivity index (χ0n) is 11.1. The summed E-state index contributed by atoms with van der Waals surface area (Å²) in [7, 11) is 1.51. The number of fused-ring (bicyclic) bond motifs is 1. The zero-order valence-corrected chi connectivity index (χ0v) is 11.1. The first-order valence-electron chi connectivity index (χ1n) is 6.21. The molecule has 0 saturated heterocycles. The molecule has 2 amide bonds. The van der Waals surface area contributed by atoms with Crippen LogP contribution >= 0.6 is 0 Å². The number of benzene rings is 1. The molecule has 7 heteroatoms. The topological polar surface area (TPSA) is 103 Å². The molecule has 1 unspecified atom stereocenters. The lowest BCUT2D eigenvalue weighted by Crippen LogP contribution is -2.28. The molecule has 1 aliphatic rings. The van der Waals surface area contributed by atoms with Crippen LogP contribution in [0.4, 0.5) is 11.4 Å². The Balaban J connectivity index is 2.01. The first kappa shape index (κ1) is 14.3. The van der Waals surface area contributed by atoms with Gasteiger partial charge in [0.15, 0.2) is 6.61 Å². The fourth-order valence-corrected chi connectivity index (χ4v) is 1.84. The molecule has 0 saturated carbocycles. The van der Waals surface area contributed by atoms with Crippen LogP contribution < -0.4 is 21.1 Å². The minimum atomic E-state index is -0.310. The van der Waals surface area contributed by atoms with Crippen molar-refractivity contribution < 1.29 is 19.1 Å². The summed E-state index contributed by atoms with van der Waals surface area (Å²) in [5.41, 5.74) is 6.58. The molecule has 1 aliphatic heterocycles. The van der Waals surface area contributed by atoms with Crippen molar-refractivity contribution in [3.05, 3.63) is 18.2 Å². The van der Waals surface area contributed by atoms with E-state index in [0.29, 0.717) is 17.1 Å². The van der Waals surface area contributed by atoms with Gasteiger partial charge in [-0.25, -0.2) is 0 Å². The Kier molecular flexibility index (Phi) is 4.54. The van der Waals surface area contributed by atoms with Gasteiger partial charge in [-0.2, -0.15) is 0 Å². The molecule has 0 aromatic heterocycles. The van der Waals surface area contributed by atoms with E-state index < -0.39 is 0 Å². The monoisotopic (exact) mass is 279 g/mol. The van der Waals surface area contributed by atoms with Crippen molar-refractivity contribution in [1.82, 2.24) is 0 Å². The number of anilines is 2. The lowest BCUT2D eigenvalue weighted by atomic mass is 10.2. The summed E-state index contributed by atoms with van der Waals surface area (Å²) in [4.78, 5) is 23.0. The van der Waals surface area contributed by atoms with E-state index in [4.69, 9.17) is 15.2 Å². The van der Waals surface area contributed by atoms with Gasteiger partial charge in [-0.3, -0.25) is 9.59 Å². The quantitative estimate of drug-likeness (QED) is 0.720. The zero-order chi connectivity index (χ0) is 14.5. The highest BCUT2D eigenvalue weighted by atomic mass is 16.5. The van der Waals surface area contributed by atoms with Crippen molar-refractivity contribution in [2.24, 2.45) is 5.73 Å². The molecule has 7 nitrogen and oxygen atoms in total. The van der Waals surface area contributed by atoms with Crippen LogP contribution in [0.5, 0.6) is 5.75 Å². The summed E-state index contributed by atoms with van der Waals surface area (Å²) in [6.45, 7) is 0.280. The van der Waals surface area contributed by atoms with E-state index in [-0.39, 0.29) is 37.5 Å². The van der Waals surface area contributed by atoms with Crippen LogP contribution in [0.3, 0.4) is 0 Å². The van der Waals surface area contributed by atoms with E-state index >= 15 is 0 Å². The van der Waals surface area contributed by atoms with Gasteiger partial charge in [-0.1, -0.05) is 0 Å². The van der Waals surface area contributed by atoms with Gasteiger partial charge in [0, 0.05) is 19.3 Å². The number of carbonyl (C=O) groups is 2. The van der Waals surface area contributed by atoms with Crippen molar-refractivity contribution >= 4 is 23.2 Å². The number of methoxy groups -OCH3 is 1. The van der Waals surface area contributed by atoms with Crippen LogP contribution in [-0.2, 0) is 14.3 Å². The van der Waals surface area contributed by atoms with Gasteiger partial charge in [-0.15, -0.1) is 0 Å². The van der Waals surface area contributed by atoms with Crippen LogP contribution in [0.1, 0.15) is 6.42 Å². The van der Waals surface area contributed by atoms with Crippen molar-refractivity contribution in [2.45, 2.75) is 12.5 Å². The third kappa shape index (κ3) is 3.46. The summed E-state index contributed by atoms with van der Waals surface area (Å²) in [6.07, 6.45) is -0.136. The molecule has 1 heterocycles. The summed E-state index contributed by atoms with van der Waals surface area (Å²) in [5.74, 6) is 0.160. The Bertz CT molecular complexity index is 514. The van der Waals surface area contributed by atoms with Gasteiger partial charge < -0.3 is 25.8 Å². The third-order valence-corrected chi connectivity index (χ3v) is 2.91. The number of hydrogen-bond donors (Lipinski definition) is 3. The van der Waals surface area contributed by atoms with Gasteiger partial charge in [0.1, 0.15) is 5.75 Å². The van der Waals surface area contributed by atoms with E-state index in [1.807, 2.05) is 0 Å². The predicted molar refractivity (Wildman–Crippen MR) is 73.7 cm³/mol. The fourth-order valence-electron chi connectivity index (χ4n) is 1.84. The Morgan fingerprint density at radius 2 is 2.40 bits per heavy atom.